The Labute approximate surface area is 125 Å². The van der Waals surface area contributed by atoms with E-state index in [9.17, 15) is 5.11 Å². The fraction of sp³-hybridized carbons (Fsp3) is 0.188. The van der Waals surface area contributed by atoms with Gasteiger partial charge in [0.2, 0.25) is 0 Å². The summed E-state index contributed by atoms with van der Waals surface area (Å²) in [6.07, 6.45) is -0.171. The van der Waals surface area contributed by atoms with Crippen molar-refractivity contribution >= 4 is 12.4 Å². The predicted molar refractivity (Wildman–Crippen MR) is 81.5 cm³/mol. The zero-order valence-corrected chi connectivity index (χ0v) is 11.8. The number of halogens is 1. The average molecular weight is 289 g/mol. The van der Waals surface area contributed by atoms with E-state index in [1.165, 1.54) is 0 Å². The SMILES string of the molecule is Cl.N#Cc1cccc([C@@H](N)[C@@H](O)Cc2ccccc2)c1. The molecule has 20 heavy (non-hydrogen) atoms. The summed E-state index contributed by atoms with van der Waals surface area (Å²) in [5, 5.41) is 19.0. The van der Waals surface area contributed by atoms with Crippen molar-refractivity contribution < 1.29 is 5.11 Å². The molecule has 0 fully saturated rings. The molecule has 104 valence electrons. The van der Waals surface area contributed by atoms with E-state index in [1.54, 1.807) is 18.2 Å². The summed E-state index contributed by atoms with van der Waals surface area (Å²) in [5.74, 6) is 0. The zero-order valence-electron chi connectivity index (χ0n) is 10.9. The van der Waals surface area contributed by atoms with Crippen molar-refractivity contribution in [2.24, 2.45) is 5.73 Å². The van der Waals surface area contributed by atoms with Gasteiger partial charge >= 0.3 is 0 Å². The van der Waals surface area contributed by atoms with Gasteiger partial charge in [0.05, 0.1) is 23.8 Å². The Balaban J connectivity index is 0.00000200. The molecule has 0 saturated carbocycles. The molecule has 2 rings (SSSR count). The van der Waals surface area contributed by atoms with Crippen LogP contribution in [0.2, 0.25) is 0 Å². The van der Waals surface area contributed by atoms with E-state index in [-0.39, 0.29) is 12.4 Å². The van der Waals surface area contributed by atoms with Gasteiger partial charge < -0.3 is 10.8 Å². The minimum atomic E-state index is -0.670. The minimum absolute atomic E-state index is 0. The Bertz CT molecular complexity index is 581. The molecule has 0 spiro atoms. The van der Waals surface area contributed by atoms with Crippen LogP contribution in [0.15, 0.2) is 54.6 Å². The van der Waals surface area contributed by atoms with E-state index in [1.807, 2.05) is 36.4 Å². The molecule has 3 nitrogen and oxygen atoms in total. The van der Waals surface area contributed by atoms with E-state index in [2.05, 4.69) is 6.07 Å². The zero-order chi connectivity index (χ0) is 13.7. The summed E-state index contributed by atoms with van der Waals surface area (Å²) >= 11 is 0. The highest BCUT2D eigenvalue weighted by Crippen LogP contribution is 2.18. The van der Waals surface area contributed by atoms with Gasteiger partial charge in [-0.2, -0.15) is 5.26 Å². The summed E-state index contributed by atoms with van der Waals surface area (Å²) in [4.78, 5) is 0. The van der Waals surface area contributed by atoms with Crippen LogP contribution in [0.25, 0.3) is 0 Å². The Kier molecular flexibility index (Phi) is 6.20. The molecule has 0 saturated heterocycles. The molecule has 2 aromatic carbocycles. The lowest BCUT2D eigenvalue weighted by Crippen LogP contribution is -2.28. The van der Waals surface area contributed by atoms with Crippen molar-refractivity contribution in [1.29, 1.82) is 5.26 Å². The second-order valence-electron chi connectivity index (χ2n) is 4.52. The van der Waals surface area contributed by atoms with Crippen molar-refractivity contribution in [2.45, 2.75) is 18.6 Å². The third-order valence-electron chi connectivity index (χ3n) is 3.10. The van der Waals surface area contributed by atoms with E-state index in [0.717, 1.165) is 11.1 Å². The highest BCUT2D eigenvalue weighted by molar-refractivity contribution is 5.85. The predicted octanol–water partition coefficient (Wildman–Crippen LogP) is 2.58. The van der Waals surface area contributed by atoms with Crippen molar-refractivity contribution in [3.05, 3.63) is 71.3 Å². The molecule has 0 aromatic heterocycles. The fourth-order valence-corrected chi connectivity index (χ4v) is 2.02. The molecule has 0 amide bonds. The molecule has 3 N–H and O–H groups in total. The van der Waals surface area contributed by atoms with E-state index < -0.39 is 12.1 Å². The third-order valence-corrected chi connectivity index (χ3v) is 3.10. The normalized spacial score (nSPS) is 12.8. The minimum Gasteiger partial charge on any atom is -0.391 e. The van der Waals surface area contributed by atoms with Crippen LogP contribution in [0, 0.1) is 11.3 Å². The van der Waals surface area contributed by atoms with Gasteiger partial charge in [0.15, 0.2) is 0 Å². The maximum atomic E-state index is 10.2. The molecule has 2 aromatic rings. The smallest absolute Gasteiger partial charge is 0.0991 e. The summed E-state index contributed by atoms with van der Waals surface area (Å²) in [5.41, 5.74) is 8.43. The highest BCUT2D eigenvalue weighted by Gasteiger charge is 2.17. The van der Waals surface area contributed by atoms with Crippen LogP contribution in [0.4, 0.5) is 0 Å². The molecule has 4 heteroatoms. The molecule has 0 aliphatic rings. The average Bonchev–Trinajstić information content (AvgIpc) is 2.47. The van der Waals surface area contributed by atoms with Crippen LogP contribution in [0.5, 0.6) is 0 Å². The number of aliphatic hydroxyl groups excluding tert-OH is 1. The number of nitrogens with two attached hydrogens (primary N) is 1. The van der Waals surface area contributed by atoms with Crippen LogP contribution in [-0.4, -0.2) is 11.2 Å². The van der Waals surface area contributed by atoms with Crippen LogP contribution in [0.3, 0.4) is 0 Å². The van der Waals surface area contributed by atoms with Crippen molar-refractivity contribution in [2.75, 3.05) is 0 Å². The Hall–Kier alpha value is -1.86. The summed E-state index contributed by atoms with van der Waals surface area (Å²) in [7, 11) is 0. The number of aliphatic hydroxyl groups is 1. The number of rotatable bonds is 4. The summed E-state index contributed by atoms with van der Waals surface area (Å²) in [6, 6.07) is 18.4. The van der Waals surface area contributed by atoms with Crippen molar-refractivity contribution in [3.63, 3.8) is 0 Å². The van der Waals surface area contributed by atoms with Gasteiger partial charge in [0, 0.05) is 6.42 Å². The van der Waals surface area contributed by atoms with Crippen LogP contribution in [0.1, 0.15) is 22.7 Å². The lowest BCUT2D eigenvalue weighted by Gasteiger charge is -2.19. The maximum absolute atomic E-state index is 10.2. The standard InChI is InChI=1S/C16H16N2O.ClH/c17-11-13-7-4-8-14(9-13)16(18)15(19)10-12-5-2-1-3-6-12;/h1-9,15-16,19H,10,18H2;1H/t15-,16+;/m0./s1. The maximum Gasteiger partial charge on any atom is 0.0991 e. The second kappa shape index (κ2) is 7.66. The van der Waals surface area contributed by atoms with Gasteiger partial charge in [-0.1, -0.05) is 42.5 Å². The quantitative estimate of drug-likeness (QED) is 0.908. The van der Waals surface area contributed by atoms with Gasteiger partial charge in [-0.15, -0.1) is 12.4 Å². The number of hydrogen-bond donors (Lipinski definition) is 2. The first-order valence-electron chi connectivity index (χ1n) is 6.18. The van der Waals surface area contributed by atoms with E-state index >= 15 is 0 Å². The molecular weight excluding hydrogens is 272 g/mol. The summed E-state index contributed by atoms with van der Waals surface area (Å²) < 4.78 is 0. The topological polar surface area (TPSA) is 70.0 Å². The Morgan fingerprint density at radius 2 is 1.80 bits per heavy atom. The second-order valence-corrected chi connectivity index (χ2v) is 4.52. The number of hydrogen-bond acceptors (Lipinski definition) is 3. The first-order valence-corrected chi connectivity index (χ1v) is 6.18. The number of nitriles is 1. The lowest BCUT2D eigenvalue weighted by atomic mass is 9.96. The first-order chi connectivity index (χ1) is 9.20. The Morgan fingerprint density at radius 3 is 2.45 bits per heavy atom. The van der Waals surface area contributed by atoms with Gasteiger partial charge in [0.25, 0.3) is 0 Å². The largest absolute Gasteiger partial charge is 0.391 e. The van der Waals surface area contributed by atoms with Crippen LogP contribution < -0.4 is 5.73 Å². The van der Waals surface area contributed by atoms with Crippen molar-refractivity contribution in [3.8, 4) is 6.07 Å². The molecule has 0 heterocycles. The lowest BCUT2D eigenvalue weighted by molar-refractivity contribution is 0.145. The molecular formula is C16H17ClN2O. The van der Waals surface area contributed by atoms with Gasteiger partial charge in [-0.05, 0) is 23.3 Å². The van der Waals surface area contributed by atoms with Crippen LogP contribution >= 0.6 is 12.4 Å². The van der Waals surface area contributed by atoms with Gasteiger partial charge in [-0.3, -0.25) is 0 Å². The number of nitrogens with zero attached hydrogens (tertiary/aromatic N) is 1. The number of benzene rings is 2. The van der Waals surface area contributed by atoms with E-state index in [4.69, 9.17) is 11.0 Å². The molecule has 2 atom stereocenters. The van der Waals surface area contributed by atoms with Gasteiger partial charge in [-0.25, -0.2) is 0 Å². The Morgan fingerprint density at radius 1 is 1.10 bits per heavy atom. The molecule has 0 radical (unpaired) electrons. The monoisotopic (exact) mass is 288 g/mol. The summed E-state index contributed by atoms with van der Waals surface area (Å²) in [6.45, 7) is 0. The first kappa shape index (κ1) is 16.2. The highest BCUT2D eigenvalue weighted by atomic mass is 35.5. The molecule has 0 bridgehead atoms. The van der Waals surface area contributed by atoms with Crippen LogP contribution in [-0.2, 0) is 6.42 Å². The molecule has 0 aliphatic carbocycles. The third kappa shape index (κ3) is 4.07. The van der Waals surface area contributed by atoms with Gasteiger partial charge in [0.1, 0.15) is 0 Å². The molecule has 0 aliphatic heterocycles. The fourth-order valence-electron chi connectivity index (χ4n) is 2.02. The van der Waals surface area contributed by atoms with Crippen molar-refractivity contribution in [1.82, 2.24) is 0 Å². The molecule has 0 unspecified atom stereocenters. The van der Waals surface area contributed by atoms with E-state index in [0.29, 0.717) is 12.0 Å².